The summed E-state index contributed by atoms with van der Waals surface area (Å²) in [5, 5.41) is 5.33. The van der Waals surface area contributed by atoms with Crippen molar-refractivity contribution in [3.05, 3.63) is 78.4 Å². The number of benzene rings is 3. The summed E-state index contributed by atoms with van der Waals surface area (Å²) in [6.45, 7) is 3.79. The maximum absolute atomic E-state index is 13.8. The quantitative estimate of drug-likeness (QED) is 0.477. The maximum Gasteiger partial charge on any atom is 0.250 e. The number of anilines is 1. The lowest BCUT2D eigenvalue weighted by Gasteiger charge is -2.43. The Kier molecular flexibility index (Phi) is 9.79. The molecule has 0 unspecified atom stereocenters. The molecule has 3 N–H and O–H groups in total. The van der Waals surface area contributed by atoms with Gasteiger partial charge in [0, 0.05) is 38.4 Å². The fraction of sp³-hybridized carbons (Fsp3) is 0.357. The molecule has 1 spiro atoms. The molecule has 2 aliphatic rings. The van der Waals surface area contributed by atoms with E-state index in [1.165, 1.54) is 16.3 Å². The molecule has 0 bridgehead atoms. The zero-order chi connectivity index (χ0) is 24.3. The molecular formula is C28H35Cl2N5O2. The third-order valence-electron chi connectivity index (χ3n) is 7.34. The molecule has 7 nitrogen and oxygen atoms in total. The molecule has 3 aromatic rings. The molecule has 0 atom stereocenters. The van der Waals surface area contributed by atoms with Crippen LogP contribution in [0.15, 0.2) is 72.8 Å². The van der Waals surface area contributed by atoms with Crippen molar-refractivity contribution in [1.82, 2.24) is 15.1 Å². The van der Waals surface area contributed by atoms with Crippen molar-refractivity contribution in [2.75, 3.05) is 44.3 Å². The molecule has 5 rings (SSSR count). The number of carbonyl (C=O) groups is 2. The van der Waals surface area contributed by atoms with E-state index in [1.807, 2.05) is 18.2 Å². The molecule has 2 amide bonds. The number of nitrogens with zero attached hydrogens (tertiary/aromatic N) is 3. The average molecular weight is 545 g/mol. The van der Waals surface area contributed by atoms with Crippen LogP contribution in [0.25, 0.3) is 10.8 Å². The second-order valence-corrected chi connectivity index (χ2v) is 9.49. The summed E-state index contributed by atoms with van der Waals surface area (Å²) in [6.07, 6.45) is 1.46. The molecule has 2 fully saturated rings. The summed E-state index contributed by atoms with van der Waals surface area (Å²) in [5.74, 6) is -0.115. The standard InChI is InChI=1S/C28H33N5O2.2ClH/c29-15-16-30-26(34)20-32-21-33(24-10-2-1-3-11-24)28(27(32)35)13-17-31(18-14-28)19-23-9-6-8-22-7-4-5-12-25(22)23;;/h1-12H,13-21,29H2,(H,30,34);2*1H. The van der Waals surface area contributed by atoms with Crippen LogP contribution in [0.2, 0.25) is 0 Å². The van der Waals surface area contributed by atoms with E-state index in [9.17, 15) is 9.59 Å². The Balaban J connectivity index is 0.00000190. The van der Waals surface area contributed by atoms with Crippen molar-refractivity contribution in [1.29, 1.82) is 0 Å². The summed E-state index contributed by atoms with van der Waals surface area (Å²) < 4.78 is 0. The highest BCUT2D eigenvalue weighted by atomic mass is 35.5. The molecule has 0 radical (unpaired) electrons. The van der Waals surface area contributed by atoms with E-state index in [0.29, 0.717) is 19.8 Å². The van der Waals surface area contributed by atoms with Gasteiger partial charge < -0.3 is 20.9 Å². The van der Waals surface area contributed by atoms with Crippen molar-refractivity contribution in [3.63, 3.8) is 0 Å². The minimum Gasteiger partial charge on any atom is -0.353 e. The fourth-order valence-electron chi connectivity index (χ4n) is 5.52. The van der Waals surface area contributed by atoms with Crippen LogP contribution in [0.1, 0.15) is 18.4 Å². The van der Waals surface area contributed by atoms with Crippen LogP contribution in [0, 0.1) is 0 Å². The Morgan fingerprint density at radius 3 is 2.32 bits per heavy atom. The van der Waals surface area contributed by atoms with Gasteiger partial charge in [-0.3, -0.25) is 14.5 Å². The van der Waals surface area contributed by atoms with E-state index in [-0.39, 0.29) is 43.2 Å². The Hall–Kier alpha value is -2.84. The summed E-state index contributed by atoms with van der Waals surface area (Å²) in [5.41, 5.74) is 7.23. The number of para-hydroxylation sites is 1. The highest BCUT2D eigenvalue weighted by Crippen LogP contribution is 2.39. The smallest absolute Gasteiger partial charge is 0.250 e. The first-order valence-corrected chi connectivity index (χ1v) is 12.4. The van der Waals surface area contributed by atoms with E-state index < -0.39 is 5.54 Å². The van der Waals surface area contributed by atoms with Gasteiger partial charge in [-0.2, -0.15) is 0 Å². The average Bonchev–Trinajstić information content (AvgIpc) is 3.15. The van der Waals surface area contributed by atoms with Gasteiger partial charge in [-0.15, -0.1) is 24.8 Å². The largest absolute Gasteiger partial charge is 0.353 e. The molecule has 0 saturated carbocycles. The van der Waals surface area contributed by atoms with Crippen LogP contribution in [-0.4, -0.2) is 66.5 Å². The van der Waals surface area contributed by atoms with Gasteiger partial charge >= 0.3 is 0 Å². The Morgan fingerprint density at radius 2 is 1.59 bits per heavy atom. The van der Waals surface area contributed by atoms with E-state index >= 15 is 0 Å². The van der Waals surface area contributed by atoms with Crippen LogP contribution in [0.5, 0.6) is 0 Å². The van der Waals surface area contributed by atoms with Crippen LogP contribution in [-0.2, 0) is 16.1 Å². The number of nitrogens with two attached hydrogens (primary N) is 1. The number of nitrogens with one attached hydrogen (secondary N) is 1. The number of hydrogen-bond acceptors (Lipinski definition) is 5. The first-order chi connectivity index (χ1) is 17.1. The molecule has 3 aromatic carbocycles. The fourth-order valence-corrected chi connectivity index (χ4v) is 5.52. The van der Waals surface area contributed by atoms with Crippen molar-refractivity contribution in [2.24, 2.45) is 5.73 Å². The molecule has 2 aliphatic heterocycles. The lowest BCUT2D eigenvalue weighted by molar-refractivity contribution is -0.137. The van der Waals surface area contributed by atoms with Crippen molar-refractivity contribution < 1.29 is 9.59 Å². The number of hydrogen-bond donors (Lipinski definition) is 2. The Bertz CT molecular complexity index is 1200. The number of piperidine rings is 1. The van der Waals surface area contributed by atoms with Gasteiger partial charge in [0.2, 0.25) is 11.8 Å². The van der Waals surface area contributed by atoms with Gasteiger partial charge in [-0.1, -0.05) is 60.7 Å². The van der Waals surface area contributed by atoms with Gasteiger partial charge in [0.15, 0.2) is 0 Å². The topological polar surface area (TPSA) is 81.9 Å². The minimum absolute atomic E-state index is 0. The van der Waals surface area contributed by atoms with Gasteiger partial charge in [-0.05, 0) is 41.3 Å². The number of amides is 2. The molecule has 0 aliphatic carbocycles. The summed E-state index contributed by atoms with van der Waals surface area (Å²) in [7, 11) is 0. The summed E-state index contributed by atoms with van der Waals surface area (Å²) in [4.78, 5) is 32.5. The van der Waals surface area contributed by atoms with E-state index in [2.05, 4.69) is 69.7 Å². The van der Waals surface area contributed by atoms with Crippen LogP contribution >= 0.6 is 24.8 Å². The molecule has 0 aromatic heterocycles. The van der Waals surface area contributed by atoms with Crippen molar-refractivity contribution >= 4 is 53.1 Å². The summed E-state index contributed by atoms with van der Waals surface area (Å²) >= 11 is 0. The van der Waals surface area contributed by atoms with Crippen LogP contribution in [0.3, 0.4) is 0 Å². The lowest BCUT2D eigenvalue weighted by Crippen LogP contribution is -2.56. The first kappa shape index (κ1) is 28.7. The van der Waals surface area contributed by atoms with Gasteiger partial charge in [0.05, 0.1) is 6.67 Å². The zero-order valence-corrected chi connectivity index (χ0v) is 22.5. The summed E-state index contributed by atoms with van der Waals surface area (Å²) in [6, 6.07) is 25.0. The number of carbonyl (C=O) groups excluding carboxylic acids is 2. The lowest BCUT2D eigenvalue weighted by atomic mass is 9.85. The van der Waals surface area contributed by atoms with Crippen LogP contribution in [0.4, 0.5) is 5.69 Å². The second kappa shape index (κ2) is 12.6. The van der Waals surface area contributed by atoms with E-state index in [1.54, 1.807) is 4.90 Å². The highest BCUT2D eigenvalue weighted by Gasteiger charge is 2.53. The molecule has 2 saturated heterocycles. The molecule has 37 heavy (non-hydrogen) atoms. The van der Waals surface area contributed by atoms with Gasteiger partial charge in [0.1, 0.15) is 12.1 Å². The second-order valence-electron chi connectivity index (χ2n) is 9.49. The van der Waals surface area contributed by atoms with Crippen molar-refractivity contribution in [2.45, 2.75) is 24.9 Å². The highest BCUT2D eigenvalue weighted by molar-refractivity contribution is 5.96. The third-order valence-corrected chi connectivity index (χ3v) is 7.34. The number of halogens is 2. The monoisotopic (exact) mass is 543 g/mol. The number of fused-ring (bicyclic) bond motifs is 1. The molecule has 198 valence electrons. The maximum atomic E-state index is 13.8. The van der Waals surface area contributed by atoms with Crippen LogP contribution < -0.4 is 16.0 Å². The van der Waals surface area contributed by atoms with Crippen molar-refractivity contribution in [3.8, 4) is 0 Å². The normalized spacial score (nSPS) is 16.9. The third kappa shape index (κ3) is 5.85. The molecular weight excluding hydrogens is 509 g/mol. The minimum atomic E-state index is -0.620. The molecule has 9 heteroatoms. The molecule has 2 heterocycles. The number of rotatable bonds is 7. The predicted octanol–water partition coefficient (Wildman–Crippen LogP) is 3.40. The van der Waals surface area contributed by atoms with Gasteiger partial charge in [-0.25, -0.2) is 0 Å². The van der Waals surface area contributed by atoms with E-state index in [4.69, 9.17) is 5.73 Å². The van der Waals surface area contributed by atoms with Gasteiger partial charge in [0.25, 0.3) is 0 Å². The van der Waals surface area contributed by atoms with E-state index in [0.717, 1.165) is 38.2 Å². The number of likely N-dealkylation sites (tertiary alicyclic amines) is 1. The Morgan fingerprint density at radius 1 is 0.919 bits per heavy atom. The first-order valence-electron chi connectivity index (χ1n) is 12.4. The predicted molar refractivity (Wildman–Crippen MR) is 153 cm³/mol. The SMILES string of the molecule is Cl.Cl.NCCNC(=O)CN1CN(c2ccccc2)C2(CCN(Cc3cccc4ccccc34)CC2)C1=O. The zero-order valence-electron chi connectivity index (χ0n) is 20.8. The Labute approximate surface area is 230 Å².